The standard InChI is InChI=1S/C43H40N4O7S2/c1-4-54-43(52)37-34-22-23-47(27(2)48)26-36(34)56-42(37)46-41(51)38(29-12-7-5-8-13-29)55-33-17-11-16-31(25-33)44-40(50)35(24-28-18-20-32(53-3)21-19-28)45-39(49)30-14-9-6-10-15-30/h5-21,24-25,38H,4,22-23,26H2,1-3H3,(H,44,50)(H,45,49)(H,46,51)/b35-24+. The third-order valence-electron chi connectivity index (χ3n) is 8.86. The van der Waals surface area contributed by atoms with Crippen LogP contribution in [-0.4, -0.2) is 54.8 Å². The lowest BCUT2D eigenvalue weighted by atomic mass is 10.0. The van der Waals surface area contributed by atoms with Crippen molar-refractivity contribution in [2.24, 2.45) is 0 Å². The molecule has 56 heavy (non-hydrogen) atoms. The number of fused-ring (bicyclic) bond motifs is 1. The van der Waals surface area contributed by atoms with E-state index in [4.69, 9.17) is 9.47 Å². The maximum absolute atomic E-state index is 14.3. The molecule has 286 valence electrons. The summed E-state index contributed by atoms with van der Waals surface area (Å²) >= 11 is 2.55. The van der Waals surface area contributed by atoms with E-state index < -0.39 is 23.0 Å². The van der Waals surface area contributed by atoms with Gasteiger partial charge in [0.25, 0.3) is 11.8 Å². The molecule has 13 heteroatoms. The number of amides is 4. The largest absolute Gasteiger partial charge is 0.497 e. The van der Waals surface area contributed by atoms with E-state index in [2.05, 4.69) is 16.0 Å². The third-order valence-corrected chi connectivity index (χ3v) is 11.2. The maximum Gasteiger partial charge on any atom is 0.341 e. The van der Waals surface area contributed by atoms with Crippen LogP contribution in [-0.2, 0) is 32.1 Å². The van der Waals surface area contributed by atoms with Crippen LogP contribution < -0.4 is 20.7 Å². The van der Waals surface area contributed by atoms with Crippen LogP contribution >= 0.6 is 23.1 Å². The van der Waals surface area contributed by atoms with Gasteiger partial charge in [0.15, 0.2) is 0 Å². The Bertz CT molecular complexity index is 2260. The Morgan fingerprint density at radius 3 is 2.29 bits per heavy atom. The molecule has 0 fully saturated rings. The van der Waals surface area contributed by atoms with Gasteiger partial charge in [-0.1, -0.05) is 66.7 Å². The van der Waals surface area contributed by atoms with Gasteiger partial charge in [-0.05, 0) is 78.6 Å². The van der Waals surface area contributed by atoms with Crippen LogP contribution in [0.4, 0.5) is 10.7 Å². The van der Waals surface area contributed by atoms with Crippen molar-refractivity contribution in [1.82, 2.24) is 10.2 Å². The van der Waals surface area contributed by atoms with Crippen LogP contribution in [0.5, 0.6) is 5.75 Å². The Hall–Kier alpha value is -6.18. The zero-order valence-corrected chi connectivity index (χ0v) is 32.6. The number of esters is 1. The number of anilines is 2. The van der Waals surface area contributed by atoms with Crippen molar-refractivity contribution in [3.8, 4) is 5.75 Å². The molecular formula is C43H40N4O7S2. The highest BCUT2D eigenvalue weighted by Crippen LogP contribution is 2.41. The molecule has 2 heterocycles. The predicted octanol–water partition coefficient (Wildman–Crippen LogP) is 7.72. The van der Waals surface area contributed by atoms with Gasteiger partial charge in [-0.2, -0.15) is 0 Å². The van der Waals surface area contributed by atoms with Gasteiger partial charge in [0.05, 0.1) is 25.8 Å². The van der Waals surface area contributed by atoms with Crippen LogP contribution in [0.15, 0.2) is 120 Å². The van der Waals surface area contributed by atoms with E-state index in [0.29, 0.717) is 57.5 Å². The number of hydrogen-bond donors (Lipinski definition) is 3. The molecule has 1 aromatic heterocycles. The Morgan fingerprint density at radius 1 is 0.893 bits per heavy atom. The van der Waals surface area contributed by atoms with Crippen molar-refractivity contribution in [2.75, 3.05) is 30.9 Å². The lowest BCUT2D eigenvalue weighted by Crippen LogP contribution is -2.34. The van der Waals surface area contributed by atoms with Gasteiger partial charge < -0.3 is 30.3 Å². The summed E-state index contributed by atoms with van der Waals surface area (Å²) in [5.41, 5.74) is 3.34. The monoisotopic (exact) mass is 788 g/mol. The molecule has 4 amide bonds. The van der Waals surface area contributed by atoms with E-state index in [1.54, 1.807) is 97.8 Å². The molecule has 1 aliphatic rings. The molecule has 1 atom stereocenters. The second-order valence-corrected chi connectivity index (χ2v) is 14.9. The van der Waals surface area contributed by atoms with Crippen molar-refractivity contribution in [3.05, 3.63) is 148 Å². The normalized spacial score (nSPS) is 12.8. The van der Waals surface area contributed by atoms with Gasteiger partial charge in [-0.3, -0.25) is 19.2 Å². The Labute approximate surface area is 333 Å². The highest BCUT2D eigenvalue weighted by molar-refractivity contribution is 8.00. The maximum atomic E-state index is 14.3. The number of thioether (sulfide) groups is 1. The Morgan fingerprint density at radius 2 is 1.61 bits per heavy atom. The average molecular weight is 789 g/mol. The predicted molar refractivity (Wildman–Crippen MR) is 219 cm³/mol. The van der Waals surface area contributed by atoms with Gasteiger partial charge in [0.2, 0.25) is 11.8 Å². The van der Waals surface area contributed by atoms with Crippen LogP contribution in [0.3, 0.4) is 0 Å². The van der Waals surface area contributed by atoms with Gasteiger partial charge in [-0.25, -0.2) is 4.79 Å². The van der Waals surface area contributed by atoms with Crippen molar-refractivity contribution in [1.29, 1.82) is 0 Å². The minimum Gasteiger partial charge on any atom is -0.497 e. The van der Waals surface area contributed by atoms with Crippen molar-refractivity contribution >= 4 is 69.5 Å². The van der Waals surface area contributed by atoms with E-state index in [1.807, 2.05) is 36.4 Å². The number of nitrogens with one attached hydrogen (secondary N) is 3. The first-order valence-corrected chi connectivity index (χ1v) is 19.6. The van der Waals surface area contributed by atoms with Gasteiger partial charge in [0, 0.05) is 34.5 Å². The number of carbonyl (C=O) groups excluding carboxylic acids is 5. The minimum absolute atomic E-state index is 0.0195. The molecule has 6 rings (SSSR count). The third kappa shape index (κ3) is 9.73. The molecule has 0 bridgehead atoms. The minimum atomic E-state index is -0.763. The summed E-state index contributed by atoms with van der Waals surface area (Å²) in [6.45, 7) is 4.22. The number of carbonyl (C=O) groups is 5. The quantitative estimate of drug-likeness (QED) is 0.0626. The first-order valence-electron chi connectivity index (χ1n) is 17.9. The van der Waals surface area contributed by atoms with Crippen LogP contribution in [0, 0.1) is 0 Å². The van der Waals surface area contributed by atoms with Crippen LogP contribution in [0.25, 0.3) is 6.08 Å². The molecule has 11 nitrogen and oxygen atoms in total. The van der Waals surface area contributed by atoms with Gasteiger partial charge in [-0.15, -0.1) is 23.1 Å². The van der Waals surface area contributed by atoms with E-state index in [9.17, 15) is 24.0 Å². The van der Waals surface area contributed by atoms with E-state index in [1.165, 1.54) is 30.0 Å². The summed E-state index contributed by atoms with van der Waals surface area (Å²) in [5, 5.41) is 8.28. The zero-order valence-electron chi connectivity index (χ0n) is 31.0. The average Bonchev–Trinajstić information content (AvgIpc) is 3.57. The molecule has 1 unspecified atom stereocenters. The summed E-state index contributed by atoms with van der Waals surface area (Å²) in [7, 11) is 1.56. The Kier molecular flexibility index (Phi) is 13.0. The summed E-state index contributed by atoms with van der Waals surface area (Å²) in [5.74, 6) is -1.31. The van der Waals surface area contributed by atoms with Crippen molar-refractivity contribution < 1.29 is 33.4 Å². The summed E-state index contributed by atoms with van der Waals surface area (Å²) in [4.78, 5) is 69.8. The number of rotatable bonds is 13. The molecular weight excluding hydrogens is 749 g/mol. The lowest BCUT2D eigenvalue weighted by molar-refractivity contribution is -0.129. The summed E-state index contributed by atoms with van der Waals surface area (Å²) in [6.07, 6.45) is 2.05. The van der Waals surface area contributed by atoms with Crippen LogP contribution in [0.2, 0.25) is 0 Å². The molecule has 0 radical (unpaired) electrons. The Balaban J connectivity index is 1.25. The number of hydrogen-bond acceptors (Lipinski definition) is 9. The van der Waals surface area contributed by atoms with E-state index in [0.717, 1.165) is 16.0 Å². The number of nitrogens with zero attached hydrogens (tertiary/aromatic N) is 1. The van der Waals surface area contributed by atoms with Gasteiger partial charge >= 0.3 is 5.97 Å². The molecule has 4 aromatic carbocycles. The SMILES string of the molecule is CCOC(=O)c1c(NC(=O)C(Sc2cccc(NC(=O)/C(=C\c3ccc(OC)cc3)NC(=O)c3ccccc3)c2)c2ccccc2)sc2c1CCN(C(C)=O)C2. The second kappa shape index (κ2) is 18.4. The molecule has 0 saturated carbocycles. The highest BCUT2D eigenvalue weighted by atomic mass is 32.2. The van der Waals surface area contributed by atoms with Crippen LogP contribution in [0.1, 0.15) is 61.4 Å². The van der Waals surface area contributed by atoms with E-state index >= 15 is 0 Å². The smallest absolute Gasteiger partial charge is 0.341 e. The lowest BCUT2D eigenvalue weighted by Gasteiger charge is -2.25. The van der Waals surface area contributed by atoms with Crippen molar-refractivity contribution in [3.63, 3.8) is 0 Å². The van der Waals surface area contributed by atoms with E-state index in [-0.39, 0.29) is 24.1 Å². The zero-order chi connectivity index (χ0) is 39.6. The number of thiophene rings is 1. The molecule has 0 saturated heterocycles. The summed E-state index contributed by atoms with van der Waals surface area (Å²) in [6, 6.07) is 32.0. The van der Waals surface area contributed by atoms with Crippen molar-refractivity contribution in [2.45, 2.75) is 37.0 Å². The first kappa shape index (κ1) is 39.5. The number of benzene rings is 4. The first-order chi connectivity index (χ1) is 27.1. The molecule has 0 spiro atoms. The highest BCUT2D eigenvalue weighted by Gasteiger charge is 2.32. The number of methoxy groups -OCH3 is 1. The molecule has 0 aliphatic carbocycles. The molecule has 5 aromatic rings. The molecule has 3 N–H and O–H groups in total. The topological polar surface area (TPSA) is 143 Å². The summed E-state index contributed by atoms with van der Waals surface area (Å²) < 4.78 is 10.7. The second-order valence-electron chi connectivity index (χ2n) is 12.7. The fraction of sp³-hybridized carbons (Fsp3) is 0.186. The fourth-order valence-corrected chi connectivity index (χ4v) is 8.39. The number of ether oxygens (including phenoxy) is 2. The van der Waals surface area contributed by atoms with Gasteiger partial charge in [0.1, 0.15) is 21.7 Å². The fourth-order valence-electron chi connectivity index (χ4n) is 6.05. The molecule has 1 aliphatic heterocycles.